The van der Waals surface area contributed by atoms with Crippen LogP contribution in [0.1, 0.15) is 0 Å². The van der Waals surface area contributed by atoms with Crippen LogP contribution < -0.4 is 0 Å². The van der Waals surface area contributed by atoms with Gasteiger partial charge in [0.25, 0.3) is 0 Å². The first-order chi connectivity index (χ1) is 32.7. The van der Waals surface area contributed by atoms with Gasteiger partial charge in [0, 0.05) is 21.9 Å². The van der Waals surface area contributed by atoms with Gasteiger partial charge in [-0.05, 0) is 125 Å². The van der Waals surface area contributed by atoms with Crippen LogP contribution in [0, 0.1) is 0 Å². The molecule has 1 aromatic heterocycles. The van der Waals surface area contributed by atoms with E-state index in [1.165, 1.54) is 66.4 Å². The Bertz CT molecular complexity index is 3670. The molecule has 12 aromatic rings. The molecule has 66 heavy (non-hydrogen) atoms. The number of benzene rings is 11. The van der Waals surface area contributed by atoms with Crippen LogP contribution >= 0.6 is 0 Å². The second kappa shape index (κ2) is 16.8. The zero-order chi connectivity index (χ0) is 43.8. The molecule has 0 aliphatic heterocycles. The fourth-order valence-corrected chi connectivity index (χ4v) is 9.36. The van der Waals surface area contributed by atoms with Crippen molar-refractivity contribution >= 4 is 32.4 Å². The molecule has 11 aromatic carbocycles. The van der Waals surface area contributed by atoms with Crippen molar-refractivity contribution in [1.29, 1.82) is 0 Å². The second-order valence-corrected chi connectivity index (χ2v) is 17.0. The van der Waals surface area contributed by atoms with E-state index in [9.17, 15) is 0 Å². The van der Waals surface area contributed by atoms with Crippen molar-refractivity contribution in [3.8, 4) is 89.4 Å². The van der Waals surface area contributed by atoms with Gasteiger partial charge in [-0.3, -0.25) is 0 Å². The fourth-order valence-electron chi connectivity index (χ4n) is 9.36. The Morgan fingerprint density at radius 3 is 1.20 bits per heavy atom. The minimum atomic E-state index is 0.724. The van der Waals surface area contributed by atoms with E-state index in [1.54, 1.807) is 0 Å². The lowest BCUT2D eigenvalue weighted by molar-refractivity contribution is 1.24. The van der Waals surface area contributed by atoms with Crippen LogP contribution in [0.15, 0.2) is 255 Å². The quantitative estimate of drug-likeness (QED) is 0.143. The molecule has 2 nitrogen and oxygen atoms in total. The zero-order valence-electron chi connectivity index (χ0n) is 36.1. The van der Waals surface area contributed by atoms with E-state index in [4.69, 9.17) is 9.97 Å². The summed E-state index contributed by atoms with van der Waals surface area (Å²) >= 11 is 0. The lowest BCUT2D eigenvalue weighted by atomic mass is 9.91. The summed E-state index contributed by atoms with van der Waals surface area (Å²) in [6, 6.07) is 91.5. The van der Waals surface area contributed by atoms with Crippen LogP contribution in [0.4, 0.5) is 0 Å². The van der Waals surface area contributed by atoms with Crippen LogP contribution in [0.3, 0.4) is 0 Å². The maximum atomic E-state index is 5.27. The monoisotopic (exact) mass is 838 g/mol. The van der Waals surface area contributed by atoms with Gasteiger partial charge in [-0.25, -0.2) is 9.97 Å². The molecular weight excluding hydrogens is 797 g/mol. The summed E-state index contributed by atoms with van der Waals surface area (Å²) < 4.78 is 0. The average molecular weight is 839 g/mol. The number of rotatable bonds is 8. The summed E-state index contributed by atoms with van der Waals surface area (Å²) in [7, 11) is 0. The summed E-state index contributed by atoms with van der Waals surface area (Å²) in [5.41, 5.74) is 18.2. The molecule has 0 radical (unpaired) electrons. The topological polar surface area (TPSA) is 25.8 Å². The van der Waals surface area contributed by atoms with E-state index >= 15 is 0 Å². The molecule has 0 bridgehead atoms. The van der Waals surface area contributed by atoms with E-state index < -0.39 is 0 Å². The molecule has 0 spiro atoms. The molecule has 0 amide bonds. The van der Waals surface area contributed by atoms with Gasteiger partial charge in [-0.2, -0.15) is 0 Å². The third kappa shape index (κ3) is 7.51. The van der Waals surface area contributed by atoms with Crippen molar-refractivity contribution in [2.75, 3.05) is 0 Å². The highest BCUT2D eigenvalue weighted by molar-refractivity contribution is 6.10. The SMILES string of the molecule is c1ccc(-c2cc(-c3ccccc3)cc(-c3cccc(-c4cccc(-c5ccc(-c6ccc(-c7nc(-c8ccc9ccccc9c8)nc8c7ccc7ccccc78)cc6)cc5)c4)c3)c2)cc1. The van der Waals surface area contributed by atoms with Crippen molar-refractivity contribution in [2.24, 2.45) is 0 Å². The predicted octanol–water partition coefficient (Wildman–Crippen LogP) is 17.3. The molecule has 12 rings (SSSR count). The van der Waals surface area contributed by atoms with Gasteiger partial charge in [-0.15, -0.1) is 0 Å². The first kappa shape index (κ1) is 38.9. The molecule has 0 N–H and O–H groups in total. The van der Waals surface area contributed by atoms with Gasteiger partial charge in [0.05, 0.1) is 11.2 Å². The van der Waals surface area contributed by atoms with Gasteiger partial charge < -0.3 is 0 Å². The molecule has 308 valence electrons. The molecule has 0 aliphatic rings. The summed E-state index contributed by atoms with van der Waals surface area (Å²) in [6.45, 7) is 0. The summed E-state index contributed by atoms with van der Waals surface area (Å²) in [5, 5.41) is 5.70. The van der Waals surface area contributed by atoms with Crippen molar-refractivity contribution in [3.05, 3.63) is 255 Å². The van der Waals surface area contributed by atoms with E-state index in [2.05, 4.69) is 255 Å². The molecule has 0 saturated heterocycles. The zero-order valence-corrected chi connectivity index (χ0v) is 36.1. The van der Waals surface area contributed by atoms with E-state index in [0.717, 1.165) is 55.4 Å². The second-order valence-electron chi connectivity index (χ2n) is 17.0. The Hall–Kier alpha value is -8.72. The Kier molecular flexibility index (Phi) is 9.89. The molecule has 2 heteroatoms. The van der Waals surface area contributed by atoms with Gasteiger partial charge in [0.1, 0.15) is 0 Å². The highest BCUT2D eigenvalue weighted by Crippen LogP contribution is 2.38. The molecule has 0 unspecified atom stereocenters. The van der Waals surface area contributed by atoms with Gasteiger partial charge in [0.2, 0.25) is 0 Å². The number of aromatic nitrogens is 2. The van der Waals surface area contributed by atoms with Crippen LogP contribution in [-0.2, 0) is 0 Å². The highest BCUT2D eigenvalue weighted by atomic mass is 14.9. The molecule has 0 saturated carbocycles. The Morgan fingerprint density at radius 1 is 0.197 bits per heavy atom. The molecule has 0 fully saturated rings. The van der Waals surface area contributed by atoms with Crippen molar-refractivity contribution in [3.63, 3.8) is 0 Å². The number of hydrogen-bond acceptors (Lipinski definition) is 2. The largest absolute Gasteiger partial charge is 0.227 e. The van der Waals surface area contributed by atoms with Crippen molar-refractivity contribution < 1.29 is 0 Å². The van der Waals surface area contributed by atoms with E-state index in [1.807, 2.05) is 0 Å². The normalized spacial score (nSPS) is 11.3. The van der Waals surface area contributed by atoms with Crippen molar-refractivity contribution in [1.82, 2.24) is 9.97 Å². The van der Waals surface area contributed by atoms with Crippen LogP contribution in [-0.4, -0.2) is 9.97 Å². The first-order valence-corrected chi connectivity index (χ1v) is 22.5. The smallest absolute Gasteiger partial charge is 0.160 e. The van der Waals surface area contributed by atoms with Crippen LogP contribution in [0.2, 0.25) is 0 Å². The molecular formula is C64H42N2. The predicted molar refractivity (Wildman–Crippen MR) is 278 cm³/mol. The molecule has 1 heterocycles. The maximum absolute atomic E-state index is 5.27. The third-order valence-electron chi connectivity index (χ3n) is 12.8. The minimum Gasteiger partial charge on any atom is -0.227 e. The first-order valence-electron chi connectivity index (χ1n) is 22.5. The Balaban J connectivity index is 0.840. The standard InChI is InChI=1S/C64H42N2/c1-3-13-43(14-4-1)57-40-58(44-15-5-2-6-16-44)42-59(41-57)55-23-12-22-54(38-55)53-21-11-20-52(37-53)48-27-25-46(26-28-48)47-29-32-50(33-30-47)62-61-36-35-49-18-9-10-24-60(49)63(61)66-64(65-62)56-34-31-45-17-7-8-19-51(45)39-56/h1-42H. The van der Waals surface area contributed by atoms with Crippen LogP contribution in [0.25, 0.3) is 122 Å². The van der Waals surface area contributed by atoms with Gasteiger partial charge in [-0.1, -0.05) is 212 Å². The Labute approximate surface area is 384 Å². The third-order valence-corrected chi connectivity index (χ3v) is 12.8. The number of nitrogens with zero attached hydrogens (tertiary/aromatic N) is 2. The van der Waals surface area contributed by atoms with Gasteiger partial charge in [0.15, 0.2) is 5.82 Å². The van der Waals surface area contributed by atoms with E-state index in [-0.39, 0.29) is 0 Å². The van der Waals surface area contributed by atoms with E-state index in [0.29, 0.717) is 0 Å². The minimum absolute atomic E-state index is 0.724. The van der Waals surface area contributed by atoms with Crippen LogP contribution in [0.5, 0.6) is 0 Å². The number of hydrogen-bond donors (Lipinski definition) is 0. The lowest BCUT2D eigenvalue weighted by Gasteiger charge is -2.13. The molecule has 0 aliphatic carbocycles. The average Bonchev–Trinajstić information content (AvgIpc) is 3.41. The highest BCUT2D eigenvalue weighted by Gasteiger charge is 2.15. The number of fused-ring (bicyclic) bond motifs is 4. The maximum Gasteiger partial charge on any atom is 0.160 e. The summed E-state index contributed by atoms with van der Waals surface area (Å²) in [4.78, 5) is 10.5. The Morgan fingerprint density at radius 2 is 0.591 bits per heavy atom. The lowest BCUT2D eigenvalue weighted by Crippen LogP contribution is -1.96. The summed E-state index contributed by atoms with van der Waals surface area (Å²) in [6.07, 6.45) is 0. The fraction of sp³-hybridized carbons (Fsp3) is 0. The summed E-state index contributed by atoms with van der Waals surface area (Å²) in [5.74, 6) is 0.724. The van der Waals surface area contributed by atoms with Gasteiger partial charge >= 0.3 is 0 Å². The van der Waals surface area contributed by atoms with Crippen molar-refractivity contribution in [2.45, 2.75) is 0 Å². The molecule has 0 atom stereocenters.